The van der Waals surface area contributed by atoms with Gasteiger partial charge >= 0.3 is 0 Å². The molecule has 0 spiro atoms. The van der Waals surface area contributed by atoms with Crippen LogP contribution in [0.25, 0.3) is 11.0 Å². The summed E-state index contributed by atoms with van der Waals surface area (Å²) in [6.45, 7) is 4.48. The van der Waals surface area contributed by atoms with Gasteiger partial charge in [-0.15, -0.1) is 11.6 Å². The van der Waals surface area contributed by atoms with Gasteiger partial charge in [0.15, 0.2) is 0 Å². The first-order valence-electron chi connectivity index (χ1n) is 6.74. The monoisotopic (exact) mass is 262 g/mol. The Morgan fingerprint density at radius 1 is 1.39 bits per heavy atom. The molecule has 1 aromatic carbocycles. The molecule has 1 saturated carbocycles. The second-order valence-corrected chi connectivity index (χ2v) is 5.77. The fraction of sp³-hybridized carbons (Fsp3) is 0.533. The molecular weight excluding hydrogens is 244 g/mol. The lowest BCUT2D eigenvalue weighted by Gasteiger charge is -2.20. The van der Waals surface area contributed by atoms with E-state index in [0.717, 1.165) is 17.3 Å². The summed E-state index contributed by atoms with van der Waals surface area (Å²) < 4.78 is 2.40. The highest BCUT2D eigenvalue weighted by Crippen LogP contribution is 2.38. The van der Waals surface area contributed by atoms with Gasteiger partial charge in [0, 0.05) is 6.04 Å². The van der Waals surface area contributed by atoms with Crippen molar-refractivity contribution in [2.24, 2.45) is 5.92 Å². The van der Waals surface area contributed by atoms with Crippen molar-refractivity contribution < 1.29 is 0 Å². The molecule has 1 aromatic heterocycles. The van der Waals surface area contributed by atoms with E-state index < -0.39 is 0 Å². The Balaban J connectivity index is 2.21. The van der Waals surface area contributed by atoms with Gasteiger partial charge in [-0.25, -0.2) is 4.98 Å². The average molecular weight is 263 g/mol. The molecule has 2 atom stereocenters. The summed E-state index contributed by atoms with van der Waals surface area (Å²) in [7, 11) is 0. The first-order chi connectivity index (χ1) is 8.70. The van der Waals surface area contributed by atoms with Crippen LogP contribution >= 0.6 is 11.6 Å². The van der Waals surface area contributed by atoms with Crippen molar-refractivity contribution in [1.29, 1.82) is 0 Å². The van der Waals surface area contributed by atoms with Gasteiger partial charge in [0.05, 0.1) is 16.9 Å². The molecule has 96 valence electrons. The number of nitrogens with zero attached hydrogens (tertiary/aromatic N) is 2. The average Bonchev–Trinajstić information content (AvgIpc) is 2.91. The zero-order chi connectivity index (χ0) is 12.7. The minimum Gasteiger partial charge on any atom is -0.324 e. The van der Waals surface area contributed by atoms with Crippen molar-refractivity contribution in [3.05, 3.63) is 29.6 Å². The van der Waals surface area contributed by atoms with Crippen LogP contribution in [0.3, 0.4) is 0 Å². The van der Waals surface area contributed by atoms with Crippen LogP contribution in [0.1, 0.15) is 43.6 Å². The largest absolute Gasteiger partial charge is 0.324 e. The lowest BCUT2D eigenvalue weighted by Crippen LogP contribution is -2.14. The normalized spacial score (nSPS) is 23.9. The molecule has 2 nitrogen and oxygen atoms in total. The summed E-state index contributed by atoms with van der Waals surface area (Å²) >= 11 is 6.09. The van der Waals surface area contributed by atoms with Crippen molar-refractivity contribution in [2.75, 3.05) is 0 Å². The van der Waals surface area contributed by atoms with Gasteiger partial charge in [0.1, 0.15) is 5.82 Å². The number of imidazole rings is 1. The number of alkyl halides is 1. The zero-order valence-electron chi connectivity index (χ0n) is 11.0. The molecule has 0 amide bonds. The van der Waals surface area contributed by atoms with Gasteiger partial charge in [-0.3, -0.25) is 0 Å². The number of benzene rings is 1. The number of hydrogen-bond donors (Lipinski definition) is 0. The molecule has 18 heavy (non-hydrogen) atoms. The topological polar surface area (TPSA) is 17.8 Å². The summed E-state index contributed by atoms with van der Waals surface area (Å²) in [6.07, 6.45) is 3.89. The van der Waals surface area contributed by atoms with E-state index in [1.807, 2.05) is 0 Å². The Hall–Kier alpha value is -1.02. The van der Waals surface area contributed by atoms with Crippen LogP contribution in [0.15, 0.2) is 18.2 Å². The van der Waals surface area contributed by atoms with Crippen molar-refractivity contribution >= 4 is 22.6 Å². The van der Waals surface area contributed by atoms with Crippen LogP contribution in [0.4, 0.5) is 0 Å². The maximum absolute atomic E-state index is 6.09. The Kier molecular flexibility index (Phi) is 3.06. The molecular formula is C15H19ClN2. The molecule has 0 N–H and O–H groups in total. The highest BCUT2D eigenvalue weighted by molar-refractivity contribution is 6.16. The fourth-order valence-corrected chi connectivity index (χ4v) is 3.42. The Morgan fingerprint density at radius 3 is 2.89 bits per heavy atom. The maximum Gasteiger partial charge on any atom is 0.125 e. The maximum atomic E-state index is 6.09. The summed E-state index contributed by atoms with van der Waals surface area (Å²) in [5.74, 6) is 2.25. The Labute approximate surface area is 113 Å². The van der Waals surface area contributed by atoms with Gasteiger partial charge < -0.3 is 4.57 Å². The predicted molar refractivity (Wildman–Crippen MR) is 76.1 cm³/mol. The fourth-order valence-electron chi connectivity index (χ4n) is 3.23. The third-order valence-electron chi connectivity index (χ3n) is 4.19. The highest BCUT2D eigenvalue weighted by Gasteiger charge is 2.28. The number of aryl methyl sites for hydroxylation is 1. The molecule has 2 unspecified atom stereocenters. The Bertz CT molecular complexity index is 573. The molecule has 0 radical (unpaired) electrons. The third-order valence-corrected chi connectivity index (χ3v) is 4.42. The van der Waals surface area contributed by atoms with Crippen molar-refractivity contribution in [1.82, 2.24) is 9.55 Å². The van der Waals surface area contributed by atoms with E-state index in [-0.39, 0.29) is 0 Å². The number of hydrogen-bond acceptors (Lipinski definition) is 1. The van der Waals surface area contributed by atoms with Gasteiger partial charge in [-0.1, -0.05) is 19.4 Å². The van der Waals surface area contributed by atoms with Crippen LogP contribution in [0.2, 0.25) is 0 Å². The SMILES string of the molecule is Cc1ccc2nc(CCl)n(C3CCCC3C)c2c1. The van der Waals surface area contributed by atoms with Gasteiger partial charge in [0.25, 0.3) is 0 Å². The first kappa shape index (κ1) is 12.0. The number of fused-ring (bicyclic) bond motifs is 1. The standard InChI is InChI=1S/C15H19ClN2/c1-10-6-7-12-14(8-10)18(15(9-16)17-12)13-5-3-4-11(13)2/h6-8,11,13H,3-5,9H2,1-2H3. The summed E-state index contributed by atoms with van der Waals surface area (Å²) in [4.78, 5) is 4.68. The highest BCUT2D eigenvalue weighted by atomic mass is 35.5. The van der Waals surface area contributed by atoms with Gasteiger partial charge in [0.2, 0.25) is 0 Å². The van der Waals surface area contributed by atoms with E-state index in [2.05, 4.69) is 41.6 Å². The van der Waals surface area contributed by atoms with Crippen molar-refractivity contribution in [2.45, 2.75) is 45.0 Å². The molecule has 1 heterocycles. The van der Waals surface area contributed by atoms with Gasteiger partial charge in [-0.2, -0.15) is 0 Å². The zero-order valence-corrected chi connectivity index (χ0v) is 11.7. The van der Waals surface area contributed by atoms with E-state index in [9.17, 15) is 0 Å². The molecule has 1 aliphatic rings. The summed E-state index contributed by atoms with van der Waals surface area (Å²) in [5.41, 5.74) is 3.62. The van der Waals surface area contributed by atoms with E-state index in [1.165, 1.54) is 30.3 Å². The lowest BCUT2D eigenvalue weighted by atomic mass is 10.1. The second kappa shape index (κ2) is 4.58. The van der Waals surface area contributed by atoms with E-state index >= 15 is 0 Å². The van der Waals surface area contributed by atoms with E-state index in [1.54, 1.807) is 0 Å². The van der Waals surface area contributed by atoms with Crippen LogP contribution in [0, 0.1) is 12.8 Å². The van der Waals surface area contributed by atoms with Crippen LogP contribution in [-0.2, 0) is 5.88 Å². The number of aromatic nitrogens is 2. The lowest BCUT2D eigenvalue weighted by molar-refractivity contribution is 0.408. The van der Waals surface area contributed by atoms with E-state index in [0.29, 0.717) is 11.9 Å². The predicted octanol–water partition coefficient (Wildman–Crippen LogP) is 4.44. The number of halogens is 1. The minimum absolute atomic E-state index is 0.497. The minimum atomic E-state index is 0.497. The van der Waals surface area contributed by atoms with Crippen LogP contribution in [0.5, 0.6) is 0 Å². The summed E-state index contributed by atoms with van der Waals surface area (Å²) in [6, 6.07) is 7.04. The molecule has 0 saturated heterocycles. The molecule has 0 aliphatic heterocycles. The molecule has 0 bridgehead atoms. The van der Waals surface area contributed by atoms with Crippen LogP contribution < -0.4 is 0 Å². The quantitative estimate of drug-likeness (QED) is 0.732. The van der Waals surface area contributed by atoms with Crippen molar-refractivity contribution in [3.8, 4) is 0 Å². The molecule has 3 heteroatoms. The summed E-state index contributed by atoms with van der Waals surface area (Å²) in [5, 5.41) is 0. The van der Waals surface area contributed by atoms with Crippen LogP contribution in [-0.4, -0.2) is 9.55 Å². The van der Waals surface area contributed by atoms with Gasteiger partial charge in [-0.05, 0) is 43.4 Å². The van der Waals surface area contributed by atoms with Crippen molar-refractivity contribution in [3.63, 3.8) is 0 Å². The first-order valence-corrected chi connectivity index (χ1v) is 7.27. The van der Waals surface area contributed by atoms with E-state index in [4.69, 9.17) is 11.6 Å². The molecule has 3 rings (SSSR count). The second-order valence-electron chi connectivity index (χ2n) is 5.50. The molecule has 1 aliphatic carbocycles. The Morgan fingerprint density at radius 2 is 2.22 bits per heavy atom. The third kappa shape index (κ3) is 1.83. The molecule has 1 fully saturated rings. The number of rotatable bonds is 2. The smallest absolute Gasteiger partial charge is 0.125 e. The molecule has 2 aromatic rings.